The first-order chi connectivity index (χ1) is 9.52. The van der Waals surface area contributed by atoms with Gasteiger partial charge in [0.1, 0.15) is 0 Å². The predicted octanol–water partition coefficient (Wildman–Crippen LogP) is 3.02. The Labute approximate surface area is 127 Å². The van der Waals surface area contributed by atoms with Gasteiger partial charge in [0, 0.05) is 42.3 Å². The van der Waals surface area contributed by atoms with E-state index in [9.17, 15) is 10.1 Å². The molecule has 1 aliphatic heterocycles. The average molecular weight is 342 g/mol. The van der Waals surface area contributed by atoms with Crippen LogP contribution in [0.25, 0.3) is 0 Å². The molecule has 110 valence electrons. The Hall–Kier alpha value is -1.14. The summed E-state index contributed by atoms with van der Waals surface area (Å²) in [5, 5.41) is 11.5. The van der Waals surface area contributed by atoms with Crippen molar-refractivity contribution in [3.8, 4) is 0 Å². The third kappa shape index (κ3) is 3.30. The number of hydrogen-bond donors (Lipinski definition) is 0. The summed E-state index contributed by atoms with van der Waals surface area (Å²) in [5.74, 6) is 0. The fourth-order valence-electron chi connectivity index (χ4n) is 2.80. The molecule has 0 saturated carbocycles. The number of nitrogens with zero attached hydrogens (tertiary/aromatic N) is 3. The zero-order valence-electron chi connectivity index (χ0n) is 11.9. The molecule has 1 aromatic carbocycles. The molecule has 20 heavy (non-hydrogen) atoms. The lowest BCUT2D eigenvalue weighted by Crippen LogP contribution is -2.38. The van der Waals surface area contributed by atoms with E-state index in [1.54, 1.807) is 12.1 Å². The van der Waals surface area contributed by atoms with E-state index in [2.05, 4.69) is 39.7 Å². The van der Waals surface area contributed by atoms with Gasteiger partial charge in [-0.15, -0.1) is 0 Å². The average Bonchev–Trinajstić information content (AvgIpc) is 2.58. The first kappa shape index (κ1) is 15.3. The second kappa shape index (κ2) is 6.54. The lowest BCUT2D eigenvalue weighted by atomic mass is 10.1. The van der Waals surface area contributed by atoms with Gasteiger partial charge in [0.15, 0.2) is 0 Å². The summed E-state index contributed by atoms with van der Waals surface area (Å²) in [7, 11) is 2.14. The van der Waals surface area contributed by atoms with Gasteiger partial charge in [-0.05, 0) is 38.6 Å². The summed E-state index contributed by atoms with van der Waals surface area (Å²) in [6.45, 7) is 5.31. The second-order valence-corrected chi connectivity index (χ2v) is 5.92. The van der Waals surface area contributed by atoms with Crippen molar-refractivity contribution in [3.63, 3.8) is 0 Å². The number of hydrogen-bond acceptors (Lipinski definition) is 4. The van der Waals surface area contributed by atoms with Crippen LogP contribution >= 0.6 is 15.9 Å². The van der Waals surface area contributed by atoms with Crippen molar-refractivity contribution < 1.29 is 4.92 Å². The standard InChI is InChI=1S/C14H20BrN3O2/c1-11-10-16(2)6-3-7-17(11)14-5-4-13(18(19)20)8-12(14)9-15/h4-5,8,11H,3,6-7,9-10H2,1-2H3. The van der Waals surface area contributed by atoms with Crippen LogP contribution in [0.2, 0.25) is 0 Å². The van der Waals surface area contributed by atoms with Crippen LogP contribution in [0, 0.1) is 10.1 Å². The monoisotopic (exact) mass is 341 g/mol. The number of likely N-dealkylation sites (N-methyl/N-ethyl adjacent to an activating group) is 1. The smallest absolute Gasteiger partial charge is 0.269 e. The lowest BCUT2D eigenvalue weighted by molar-refractivity contribution is -0.384. The number of nitro benzene ring substituents is 1. The predicted molar refractivity (Wildman–Crippen MR) is 84.6 cm³/mol. The fourth-order valence-corrected chi connectivity index (χ4v) is 3.25. The molecule has 2 rings (SSSR count). The number of rotatable bonds is 3. The highest BCUT2D eigenvalue weighted by Gasteiger charge is 2.22. The summed E-state index contributed by atoms with van der Waals surface area (Å²) < 4.78 is 0. The van der Waals surface area contributed by atoms with Gasteiger partial charge >= 0.3 is 0 Å². The molecule has 0 aliphatic carbocycles. The molecule has 1 heterocycles. The third-order valence-electron chi connectivity index (χ3n) is 3.77. The topological polar surface area (TPSA) is 49.6 Å². The molecule has 0 radical (unpaired) electrons. The third-order valence-corrected chi connectivity index (χ3v) is 4.38. The van der Waals surface area contributed by atoms with E-state index >= 15 is 0 Å². The van der Waals surface area contributed by atoms with Crippen LogP contribution in [-0.2, 0) is 5.33 Å². The van der Waals surface area contributed by atoms with Crippen LogP contribution in [0.4, 0.5) is 11.4 Å². The van der Waals surface area contributed by atoms with Gasteiger partial charge in [-0.25, -0.2) is 0 Å². The number of halogens is 1. The summed E-state index contributed by atoms with van der Waals surface area (Å²) >= 11 is 3.45. The van der Waals surface area contributed by atoms with Crippen molar-refractivity contribution in [2.75, 3.05) is 31.6 Å². The van der Waals surface area contributed by atoms with Crippen molar-refractivity contribution in [2.24, 2.45) is 0 Å². The first-order valence-electron chi connectivity index (χ1n) is 6.81. The number of nitro groups is 1. The Balaban J connectivity index is 2.33. The van der Waals surface area contributed by atoms with E-state index in [-0.39, 0.29) is 10.6 Å². The number of benzene rings is 1. The molecule has 0 bridgehead atoms. The molecule has 1 unspecified atom stereocenters. The highest BCUT2D eigenvalue weighted by Crippen LogP contribution is 2.29. The minimum Gasteiger partial charge on any atom is -0.367 e. The maximum absolute atomic E-state index is 10.9. The van der Waals surface area contributed by atoms with Gasteiger partial charge < -0.3 is 9.80 Å². The Morgan fingerprint density at radius 1 is 1.45 bits per heavy atom. The minimum atomic E-state index is -0.338. The van der Waals surface area contributed by atoms with E-state index in [1.807, 2.05) is 6.07 Å². The zero-order valence-corrected chi connectivity index (χ0v) is 13.5. The van der Waals surface area contributed by atoms with Crippen LogP contribution in [0.1, 0.15) is 18.9 Å². The molecule has 0 spiro atoms. The van der Waals surface area contributed by atoms with Crippen LogP contribution in [0.5, 0.6) is 0 Å². The highest BCUT2D eigenvalue weighted by atomic mass is 79.9. The maximum Gasteiger partial charge on any atom is 0.269 e. The Kier molecular flexibility index (Phi) is 4.99. The van der Waals surface area contributed by atoms with Crippen LogP contribution < -0.4 is 4.90 Å². The Morgan fingerprint density at radius 3 is 2.85 bits per heavy atom. The Bertz CT molecular complexity index is 495. The molecule has 6 heteroatoms. The van der Waals surface area contributed by atoms with Gasteiger partial charge in [0.25, 0.3) is 5.69 Å². The SMILES string of the molecule is CC1CN(C)CCCN1c1ccc([N+](=O)[O-])cc1CBr. The van der Waals surface area contributed by atoms with E-state index in [4.69, 9.17) is 0 Å². The largest absolute Gasteiger partial charge is 0.367 e. The number of alkyl halides is 1. The Morgan fingerprint density at radius 2 is 2.20 bits per heavy atom. The second-order valence-electron chi connectivity index (χ2n) is 5.36. The molecule has 1 fully saturated rings. The molecule has 1 atom stereocenters. The number of non-ortho nitro benzene ring substituents is 1. The normalized spacial score (nSPS) is 20.8. The molecule has 0 N–H and O–H groups in total. The van der Waals surface area contributed by atoms with Crippen LogP contribution in [0.15, 0.2) is 18.2 Å². The van der Waals surface area contributed by atoms with E-state index in [1.165, 1.54) is 0 Å². The van der Waals surface area contributed by atoms with Crippen molar-refractivity contribution in [3.05, 3.63) is 33.9 Å². The van der Waals surface area contributed by atoms with Crippen LogP contribution in [0.3, 0.4) is 0 Å². The quantitative estimate of drug-likeness (QED) is 0.481. The summed E-state index contributed by atoms with van der Waals surface area (Å²) in [6, 6.07) is 5.56. The van der Waals surface area contributed by atoms with Gasteiger partial charge in [-0.2, -0.15) is 0 Å². The first-order valence-corrected chi connectivity index (χ1v) is 7.93. The lowest BCUT2D eigenvalue weighted by Gasteiger charge is -2.31. The molecule has 1 saturated heterocycles. The minimum absolute atomic E-state index is 0.155. The van der Waals surface area contributed by atoms with Gasteiger partial charge in [0.05, 0.1) is 4.92 Å². The van der Waals surface area contributed by atoms with Gasteiger partial charge in [-0.1, -0.05) is 15.9 Å². The van der Waals surface area contributed by atoms with Crippen molar-refractivity contribution in [2.45, 2.75) is 24.7 Å². The van der Waals surface area contributed by atoms with Crippen molar-refractivity contribution >= 4 is 27.3 Å². The van der Waals surface area contributed by atoms with Crippen molar-refractivity contribution in [1.82, 2.24) is 4.90 Å². The molecule has 1 aromatic rings. The maximum atomic E-state index is 10.9. The summed E-state index contributed by atoms with van der Waals surface area (Å²) in [6.07, 6.45) is 1.11. The molecular weight excluding hydrogens is 322 g/mol. The number of anilines is 1. The molecule has 0 amide bonds. The fraction of sp³-hybridized carbons (Fsp3) is 0.571. The van der Waals surface area contributed by atoms with E-state index in [0.717, 1.165) is 37.3 Å². The van der Waals surface area contributed by atoms with Crippen molar-refractivity contribution in [1.29, 1.82) is 0 Å². The molecule has 5 nitrogen and oxygen atoms in total. The highest BCUT2D eigenvalue weighted by molar-refractivity contribution is 9.08. The van der Waals surface area contributed by atoms with E-state index in [0.29, 0.717) is 11.4 Å². The summed E-state index contributed by atoms with van der Waals surface area (Å²) in [4.78, 5) is 15.3. The molecular formula is C14H20BrN3O2. The molecule has 0 aromatic heterocycles. The van der Waals surface area contributed by atoms with Gasteiger partial charge in [-0.3, -0.25) is 10.1 Å². The van der Waals surface area contributed by atoms with Gasteiger partial charge in [0.2, 0.25) is 0 Å². The summed E-state index contributed by atoms with van der Waals surface area (Å²) in [5.41, 5.74) is 2.24. The zero-order chi connectivity index (χ0) is 14.7. The van der Waals surface area contributed by atoms with E-state index < -0.39 is 0 Å². The molecule has 1 aliphatic rings. The van der Waals surface area contributed by atoms with Crippen LogP contribution in [-0.4, -0.2) is 42.5 Å².